The number of anilines is 6. The van der Waals surface area contributed by atoms with E-state index in [1.165, 1.54) is 182 Å². The lowest BCUT2D eigenvalue weighted by Gasteiger charge is -2.29. The SMILES string of the molecule is CC1(C)c2cc(-c3ccc4c(c3)c3ccccc3n4-c3ccccc3)ccc2-c2ccc(N(c3ccc(-c4ccc(-c5ccccc5)cc4)cc3)c3cccc4ccccc34)cc21.c1ccc(-c2ccc(-c3ccc(N(c4ccc(-c5ccc(-c6ccccc6)cc5)cc4)c4ccc(-c5ccc6c(c5)c5ccccc5n6-c5ccc(-c6ccccc6)cc5)cc4)cc3)cc2)cc1. The van der Waals surface area contributed by atoms with Gasteiger partial charge in [0.05, 0.1) is 27.8 Å². The summed E-state index contributed by atoms with van der Waals surface area (Å²) < 4.78 is 4.77. The third-order valence-corrected chi connectivity index (χ3v) is 26.7. The van der Waals surface area contributed by atoms with Crippen LogP contribution < -0.4 is 9.80 Å². The zero-order valence-corrected chi connectivity index (χ0v) is 72.8. The maximum Gasteiger partial charge on any atom is 0.0541 e. The molecule has 2 heterocycles. The summed E-state index contributed by atoms with van der Waals surface area (Å²) in [6.07, 6.45) is 0. The van der Waals surface area contributed by atoms with Crippen molar-refractivity contribution in [3.05, 3.63) is 521 Å². The third-order valence-electron chi connectivity index (χ3n) is 26.7. The zero-order chi connectivity index (χ0) is 87.3. The van der Waals surface area contributed by atoms with Crippen LogP contribution >= 0.6 is 0 Å². The first-order valence-corrected chi connectivity index (χ1v) is 45.2. The molecule has 4 nitrogen and oxygen atoms in total. The van der Waals surface area contributed by atoms with Crippen molar-refractivity contribution < 1.29 is 0 Å². The highest BCUT2D eigenvalue weighted by Gasteiger charge is 2.37. The molecule has 21 aromatic carbocycles. The van der Waals surface area contributed by atoms with Gasteiger partial charge in [0.2, 0.25) is 0 Å². The molecule has 0 unspecified atom stereocenters. The molecule has 1 aliphatic carbocycles. The fraction of sp³-hybridized carbons (Fsp3) is 0.0236. The first-order chi connectivity index (χ1) is 64.7. The van der Waals surface area contributed by atoms with Gasteiger partial charge < -0.3 is 18.9 Å². The Kier molecular flexibility index (Phi) is 20.3. The summed E-state index contributed by atoms with van der Waals surface area (Å²) in [4.78, 5) is 4.80. The molecule has 0 amide bonds. The van der Waals surface area contributed by atoms with Crippen LogP contribution in [0.1, 0.15) is 25.0 Å². The van der Waals surface area contributed by atoms with Gasteiger partial charge in [-0.1, -0.05) is 390 Å². The standard InChI is InChI=1S/C66H46N2.C61H44N2/c1-4-12-47(13-5-1)50-20-24-52(25-21-50)55-28-37-59(38-29-55)67(60-39-30-56(31-40-60)53-26-22-51(23-27-53)48-14-6-2-7-15-48)61-41-34-57(35-42-61)58-36-45-66-64(46-58)63-18-10-11-19-65(63)68(66)62-43-32-54(33-44-62)49-16-8-3-9-17-49;1-61(2)56-39-47(46-31-37-60-55(38-46)54-21-11-12-22-59(54)63(60)48-18-7-4-8-19-48)30-35-52(56)53-36-34-50(40-57(53)61)62(58-23-13-17-45-16-9-10-20-51(45)58)49-32-28-44(29-33-49)43-26-24-42(25-27-43)41-14-5-3-6-15-41/h1-46H;3-40H,1-2H3. The van der Waals surface area contributed by atoms with Gasteiger partial charge in [0.1, 0.15) is 0 Å². The van der Waals surface area contributed by atoms with Crippen molar-refractivity contribution >= 4 is 88.5 Å². The van der Waals surface area contributed by atoms with Crippen molar-refractivity contribution in [2.24, 2.45) is 0 Å². The number of nitrogens with zero attached hydrogens (tertiary/aromatic N) is 4. The largest absolute Gasteiger partial charge is 0.311 e. The molecule has 0 radical (unpaired) electrons. The van der Waals surface area contributed by atoms with Gasteiger partial charge in [-0.25, -0.2) is 0 Å². The predicted octanol–water partition coefficient (Wildman–Crippen LogP) is 35.0. The Hall–Kier alpha value is -16.9. The van der Waals surface area contributed by atoms with Crippen LogP contribution in [0.3, 0.4) is 0 Å². The van der Waals surface area contributed by atoms with Crippen molar-refractivity contribution in [1.82, 2.24) is 9.13 Å². The summed E-state index contributed by atoms with van der Waals surface area (Å²) in [7, 11) is 0. The number of benzene rings is 21. The molecule has 0 saturated carbocycles. The van der Waals surface area contributed by atoms with Crippen LogP contribution in [0.2, 0.25) is 0 Å². The lowest BCUT2D eigenvalue weighted by Crippen LogP contribution is -2.16. The van der Waals surface area contributed by atoms with Gasteiger partial charge in [-0.15, -0.1) is 0 Å². The minimum Gasteiger partial charge on any atom is -0.311 e. The van der Waals surface area contributed by atoms with Crippen LogP contribution in [0.25, 0.3) is 177 Å². The predicted molar refractivity (Wildman–Crippen MR) is 555 cm³/mol. The first-order valence-electron chi connectivity index (χ1n) is 45.2. The molecule has 23 aromatic rings. The van der Waals surface area contributed by atoms with Crippen LogP contribution in [0.15, 0.2) is 510 Å². The monoisotopic (exact) mass is 1670 g/mol. The summed E-state index contributed by atoms with van der Waals surface area (Å²) in [5.41, 5.74) is 40.7. The minimum absolute atomic E-state index is 0.218. The highest BCUT2D eigenvalue weighted by molar-refractivity contribution is 6.12. The Morgan fingerprint density at radius 2 is 0.427 bits per heavy atom. The van der Waals surface area contributed by atoms with E-state index in [4.69, 9.17) is 0 Å². The number of hydrogen-bond acceptors (Lipinski definition) is 2. The van der Waals surface area contributed by atoms with E-state index in [2.05, 4.69) is 542 Å². The number of rotatable bonds is 17. The van der Waals surface area contributed by atoms with Crippen LogP contribution in [0.4, 0.5) is 34.1 Å². The van der Waals surface area contributed by atoms with E-state index >= 15 is 0 Å². The highest BCUT2D eigenvalue weighted by atomic mass is 15.1. The van der Waals surface area contributed by atoms with Crippen molar-refractivity contribution in [1.29, 1.82) is 0 Å². The summed E-state index contributed by atoms with van der Waals surface area (Å²) in [5.74, 6) is 0. The molecule has 1 aliphatic rings. The fourth-order valence-electron chi connectivity index (χ4n) is 19.9. The molecule has 2 aromatic heterocycles. The molecule has 0 aliphatic heterocycles. The van der Waals surface area contributed by atoms with Gasteiger partial charge in [0.15, 0.2) is 0 Å². The van der Waals surface area contributed by atoms with Crippen LogP contribution in [0, 0.1) is 0 Å². The van der Waals surface area contributed by atoms with Gasteiger partial charge in [-0.3, -0.25) is 0 Å². The Labute approximate surface area is 764 Å². The van der Waals surface area contributed by atoms with Crippen molar-refractivity contribution in [2.75, 3.05) is 9.80 Å². The molecule has 24 rings (SSSR count). The van der Waals surface area contributed by atoms with Gasteiger partial charge in [-0.2, -0.15) is 0 Å². The molecular weight excluding hydrogens is 1580 g/mol. The van der Waals surface area contributed by atoms with Crippen LogP contribution in [-0.4, -0.2) is 9.13 Å². The molecule has 131 heavy (non-hydrogen) atoms. The Morgan fingerprint density at radius 3 is 0.840 bits per heavy atom. The molecule has 0 saturated heterocycles. The van der Waals surface area contributed by atoms with E-state index in [0.717, 1.165) is 39.8 Å². The molecule has 0 bridgehead atoms. The smallest absolute Gasteiger partial charge is 0.0541 e. The number of fused-ring (bicyclic) bond motifs is 10. The maximum absolute atomic E-state index is 2.44. The van der Waals surface area contributed by atoms with Crippen molar-refractivity contribution in [2.45, 2.75) is 19.3 Å². The average Bonchev–Trinajstić information content (AvgIpc) is 1.59. The molecular formula is C127H90N4. The number of aromatic nitrogens is 2. The topological polar surface area (TPSA) is 16.3 Å². The Morgan fingerprint density at radius 1 is 0.168 bits per heavy atom. The van der Waals surface area contributed by atoms with E-state index < -0.39 is 0 Å². The van der Waals surface area contributed by atoms with E-state index in [1.54, 1.807) is 0 Å². The molecule has 0 spiro atoms. The van der Waals surface area contributed by atoms with Gasteiger partial charge >= 0.3 is 0 Å². The van der Waals surface area contributed by atoms with Crippen LogP contribution in [-0.2, 0) is 5.41 Å². The summed E-state index contributed by atoms with van der Waals surface area (Å²) in [6, 6.07) is 185. The summed E-state index contributed by atoms with van der Waals surface area (Å²) in [5, 5.41) is 7.45. The third kappa shape index (κ3) is 14.9. The Bertz CT molecular complexity index is 7980. The summed E-state index contributed by atoms with van der Waals surface area (Å²) >= 11 is 0. The second-order valence-electron chi connectivity index (χ2n) is 34.7. The second-order valence-corrected chi connectivity index (χ2v) is 34.7. The van der Waals surface area contributed by atoms with E-state index in [1.807, 2.05) is 0 Å². The van der Waals surface area contributed by atoms with E-state index in [-0.39, 0.29) is 5.41 Å². The lowest BCUT2D eigenvalue weighted by molar-refractivity contribution is 0.660. The average molecular weight is 1670 g/mol. The van der Waals surface area contributed by atoms with Gasteiger partial charge in [0.25, 0.3) is 0 Å². The van der Waals surface area contributed by atoms with Crippen LogP contribution in [0.5, 0.6) is 0 Å². The number of para-hydroxylation sites is 3. The van der Waals surface area contributed by atoms with Crippen molar-refractivity contribution in [3.63, 3.8) is 0 Å². The quantitative estimate of drug-likeness (QED) is 0.0903. The maximum atomic E-state index is 2.44. The number of hydrogen-bond donors (Lipinski definition) is 0. The molecule has 618 valence electrons. The van der Waals surface area contributed by atoms with E-state index in [0.29, 0.717) is 0 Å². The summed E-state index contributed by atoms with van der Waals surface area (Å²) in [6.45, 7) is 4.78. The van der Waals surface area contributed by atoms with Gasteiger partial charge in [0, 0.05) is 72.2 Å². The molecule has 0 fully saturated rings. The van der Waals surface area contributed by atoms with Gasteiger partial charge in [-0.05, 0) is 261 Å². The van der Waals surface area contributed by atoms with Crippen molar-refractivity contribution in [3.8, 4) is 123 Å². The second kappa shape index (κ2) is 33.8. The first kappa shape index (κ1) is 78.8. The lowest BCUT2D eigenvalue weighted by atomic mass is 9.81. The Balaban J connectivity index is 0.000000149. The fourth-order valence-corrected chi connectivity index (χ4v) is 19.9. The zero-order valence-electron chi connectivity index (χ0n) is 72.8. The highest BCUT2D eigenvalue weighted by Crippen LogP contribution is 2.53. The normalized spacial score (nSPS) is 12.0. The molecule has 0 N–H and O–H groups in total. The molecule has 0 atom stereocenters. The molecule has 4 heteroatoms. The minimum atomic E-state index is -0.218. The van der Waals surface area contributed by atoms with E-state index in [9.17, 15) is 0 Å².